The summed E-state index contributed by atoms with van der Waals surface area (Å²) < 4.78 is 25.9. The molecule has 4 nitrogen and oxygen atoms in total. The van der Waals surface area contributed by atoms with Crippen LogP contribution in [0.1, 0.15) is 33.1 Å². The SMILES string of the molecule is CNCCCCS(=O)(=O)NC1CC1(C)C. The Balaban J connectivity index is 2.22. The topological polar surface area (TPSA) is 58.2 Å². The van der Waals surface area contributed by atoms with Crippen molar-refractivity contribution in [3.8, 4) is 0 Å². The van der Waals surface area contributed by atoms with Crippen molar-refractivity contribution in [3.05, 3.63) is 0 Å². The zero-order valence-electron chi connectivity index (χ0n) is 9.84. The molecule has 0 saturated heterocycles. The van der Waals surface area contributed by atoms with Crippen molar-refractivity contribution in [1.29, 1.82) is 0 Å². The van der Waals surface area contributed by atoms with Crippen molar-refractivity contribution < 1.29 is 8.42 Å². The van der Waals surface area contributed by atoms with Gasteiger partial charge in [-0.25, -0.2) is 13.1 Å². The van der Waals surface area contributed by atoms with E-state index in [-0.39, 0.29) is 17.2 Å². The molecule has 1 aliphatic carbocycles. The van der Waals surface area contributed by atoms with E-state index in [0.717, 1.165) is 25.8 Å². The van der Waals surface area contributed by atoms with E-state index in [1.54, 1.807) is 0 Å². The molecule has 2 N–H and O–H groups in total. The lowest BCUT2D eigenvalue weighted by molar-refractivity contribution is 0.551. The summed E-state index contributed by atoms with van der Waals surface area (Å²) in [7, 11) is -1.17. The minimum atomic E-state index is -3.05. The summed E-state index contributed by atoms with van der Waals surface area (Å²) >= 11 is 0. The maximum atomic E-state index is 11.6. The molecule has 0 heterocycles. The fourth-order valence-electron chi connectivity index (χ4n) is 1.54. The second-order valence-electron chi connectivity index (χ2n) is 4.99. The van der Waals surface area contributed by atoms with Crippen molar-refractivity contribution in [2.75, 3.05) is 19.3 Å². The highest BCUT2D eigenvalue weighted by atomic mass is 32.2. The first-order chi connectivity index (χ1) is 6.87. The summed E-state index contributed by atoms with van der Waals surface area (Å²) in [4.78, 5) is 0. The summed E-state index contributed by atoms with van der Waals surface area (Å²) in [5.74, 6) is 0.251. The van der Waals surface area contributed by atoms with Crippen molar-refractivity contribution >= 4 is 10.0 Å². The molecular formula is C10H22N2O2S. The summed E-state index contributed by atoms with van der Waals surface area (Å²) in [6, 6.07) is 0.159. The summed E-state index contributed by atoms with van der Waals surface area (Å²) in [5, 5.41) is 3.00. The Bertz CT molecular complexity index is 299. The van der Waals surface area contributed by atoms with Crippen molar-refractivity contribution in [2.45, 2.75) is 39.2 Å². The molecule has 0 radical (unpaired) electrons. The van der Waals surface area contributed by atoms with Crippen LogP contribution >= 0.6 is 0 Å². The van der Waals surface area contributed by atoms with Crippen LogP contribution in [0.15, 0.2) is 0 Å². The Morgan fingerprint density at radius 1 is 1.33 bits per heavy atom. The number of hydrogen-bond acceptors (Lipinski definition) is 3. The van der Waals surface area contributed by atoms with Gasteiger partial charge in [-0.1, -0.05) is 13.8 Å². The maximum Gasteiger partial charge on any atom is 0.211 e. The molecule has 0 aromatic carbocycles. The van der Waals surface area contributed by atoms with Crippen molar-refractivity contribution in [2.24, 2.45) is 5.41 Å². The third-order valence-corrected chi connectivity index (χ3v) is 4.39. The first-order valence-electron chi connectivity index (χ1n) is 5.52. The van der Waals surface area contributed by atoms with Gasteiger partial charge in [-0.05, 0) is 38.3 Å². The molecule has 0 bridgehead atoms. The highest BCUT2D eigenvalue weighted by Gasteiger charge is 2.47. The van der Waals surface area contributed by atoms with Gasteiger partial charge in [0, 0.05) is 6.04 Å². The standard InChI is InChI=1S/C10H22N2O2S/c1-10(2)8-9(10)12-15(13,14)7-5-4-6-11-3/h9,11-12H,4-8H2,1-3H3. The largest absolute Gasteiger partial charge is 0.320 e. The van der Waals surface area contributed by atoms with Crippen LogP contribution in [-0.4, -0.2) is 33.8 Å². The number of nitrogens with one attached hydrogen (secondary N) is 2. The second-order valence-corrected chi connectivity index (χ2v) is 6.87. The first kappa shape index (κ1) is 12.9. The molecular weight excluding hydrogens is 212 g/mol. The van der Waals surface area contributed by atoms with Gasteiger partial charge in [0.1, 0.15) is 0 Å². The summed E-state index contributed by atoms with van der Waals surface area (Å²) in [5.41, 5.74) is 0.165. The average Bonchev–Trinajstić information content (AvgIpc) is 2.66. The van der Waals surface area contributed by atoms with Gasteiger partial charge in [0.2, 0.25) is 10.0 Å². The second kappa shape index (κ2) is 4.80. The minimum absolute atomic E-state index is 0.159. The average molecular weight is 234 g/mol. The van der Waals surface area contributed by atoms with E-state index in [4.69, 9.17) is 0 Å². The Hall–Kier alpha value is -0.130. The predicted molar refractivity (Wildman–Crippen MR) is 62.3 cm³/mol. The monoisotopic (exact) mass is 234 g/mol. The number of sulfonamides is 1. The van der Waals surface area contributed by atoms with Crippen LogP contribution < -0.4 is 10.0 Å². The van der Waals surface area contributed by atoms with Gasteiger partial charge in [0.05, 0.1) is 5.75 Å². The highest BCUT2D eigenvalue weighted by Crippen LogP contribution is 2.44. The molecule has 1 aliphatic rings. The van der Waals surface area contributed by atoms with Gasteiger partial charge in [-0.2, -0.15) is 0 Å². The number of unbranched alkanes of at least 4 members (excludes halogenated alkanes) is 1. The molecule has 0 amide bonds. The van der Waals surface area contributed by atoms with Crippen molar-refractivity contribution in [1.82, 2.24) is 10.0 Å². The molecule has 0 aromatic heterocycles. The molecule has 90 valence electrons. The third kappa shape index (κ3) is 4.49. The zero-order chi connectivity index (χ0) is 11.5. The molecule has 1 atom stereocenters. The van der Waals surface area contributed by atoms with E-state index >= 15 is 0 Å². The van der Waals surface area contributed by atoms with Crippen molar-refractivity contribution in [3.63, 3.8) is 0 Å². The van der Waals surface area contributed by atoms with Crippen LogP contribution in [0, 0.1) is 5.41 Å². The fourth-order valence-corrected chi connectivity index (χ4v) is 3.08. The minimum Gasteiger partial charge on any atom is -0.320 e. The fraction of sp³-hybridized carbons (Fsp3) is 1.00. The Labute approximate surface area is 92.9 Å². The van der Waals surface area contributed by atoms with E-state index in [1.165, 1.54) is 0 Å². The lowest BCUT2D eigenvalue weighted by atomic mass is 10.2. The third-order valence-electron chi connectivity index (χ3n) is 2.93. The van der Waals surface area contributed by atoms with Gasteiger partial charge in [-0.3, -0.25) is 0 Å². The van der Waals surface area contributed by atoms with Gasteiger partial charge >= 0.3 is 0 Å². The molecule has 0 aromatic rings. The summed E-state index contributed by atoms with van der Waals surface area (Å²) in [6.07, 6.45) is 2.59. The van der Waals surface area contributed by atoms with Crippen LogP contribution in [0.5, 0.6) is 0 Å². The van der Waals surface area contributed by atoms with Gasteiger partial charge in [-0.15, -0.1) is 0 Å². The quantitative estimate of drug-likeness (QED) is 0.638. The molecule has 1 rings (SSSR count). The first-order valence-corrected chi connectivity index (χ1v) is 7.17. The lowest BCUT2D eigenvalue weighted by Gasteiger charge is -2.07. The van der Waals surface area contributed by atoms with E-state index in [1.807, 2.05) is 7.05 Å². The predicted octanol–water partition coefficient (Wildman–Crippen LogP) is 0.704. The van der Waals surface area contributed by atoms with E-state index in [2.05, 4.69) is 23.9 Å². The van der Waals surface area contributed by atoms with E-state index < -0.39 is 10.0 Å². The normalized spacial score (nSPS) is 24.1. The van der Waals surface area contributed by atoms with Gasteiger partial charge in [0.15, 0.2) is 0 Å². The van der Waals surface area contributed by atoms with Gasteiger partial charge < -0.3 is 5.32 Å². The molecule has 1 unspecified atom stereocenters. The van der Waals surface area contributed by atoms with Crippen LogP contribution in [0.4, 0.5) is 0 Å². The number of hydrogen-bond donors (Lipinski definition) is 2. The van der Waals surface area contributed by atoms with Crippen LogP contribution in [-0.2, 0) is 10.0 Å². The van der Waals surface area contributed by atoms with E-state index in [9.17, 15) is 8.42 Å². The van der Waals surface area contributed by atoms with Gasteiger partial charge in [0.25, 0.3) is 0 Å². The zero-order valence-corrected chi connectivity index (χ0v) is 10.7. The maximum absolute atomic E-state index is 11.6. The van der Waals surface area contributed by atoms with Crippen LogP contribution in [0.25, 0.3) is 0 Å². The molecule has 1 fully saturated rings. The molecule has 5 heteroatoms. The Morgan fingerprint density at radius 2 is 1.93 bits per heavy atom. The number of rotatable bonds is 7. The molecule has 0 aliphatic heterocycles. The van der Waals surface area contributed by atoms with Crippen LogP contribution in [0.3, 0.4) is 0 Å². The summed E-state index contributed by atoms with van der Waals surface area (Å²) in [6.45, 7) is 5.05. The molecule has 0 spiro atoms. The highest BCUT2D eigenvalue weighted by molar-refractivity contribution is 7.89. The molecule has 15 heavy (non-hydrogen) atoms. The Kier molecular flexibility index (Phi) is 4.14. The lowest BCUT2D eigenvalue weighted by Crippen LogP contribution is -2.30. The smallest absolute Gasteiger partial charge is 0.211 e. The van der Waals surface area contributed by atoms with Crippen LogP contribution in [0.2, 0.25) is 0 Å². The Morgan fingerprint density at radius 3 is 2.40 bits per heavy atom. The van der Waals surface area contributed by atoms with E-state index in [0.29, 0.717) is 0 Å². The molecule has 1 saturated carbocycles.